The number of nitrogens with zero attached hydrogens (tertiary/aromatic N) is 5. The van der Waals surface area contributed by atoms with Gasteiger partial charge in [-0.15, -0.1) is 0 Å². The van der Waals surface area contributed by atoms with Crippen LogP contribution in [-0.2, 0) is 0 Å². The van der Waals surface area contributed by atoms with Crippen LogP contribution in [0, 0.1) is 0 Å². The molecule has 0 radical (unpaired) electrons. The molecular formula is C17H21ClN6. The van der Waals surface area contributed by atoms with E-state index in [0.29, 0.717) is 5.15 Å². The maximum atomic E-state index is 6.05. The number of imidazole rings is 1. The third-order valence-corrected chi connectivity index (χ3v) is 3.94. The average molecular weight is 345 g/mol. The second kappa shape index (κ2) is 7.49. The monoisotopic (exact) mass is 344 g/mol. The molecule has 1 aliphatic rings. The van der Waals surface area contributed by atoms with Crippen LogP contribution in [0.3, 0.4) is 0 Å². The summed E-state index contributed by atoms with van der Waals surface area (Å²) in [5.74, 6) is 1.78. The summed E-state index contributed by atoms with van der Waals surface area (Å²) in [5.41, 5.74) is 1.51. The molecule has 0 saturated carbocycles. The topological polar surface area (TPSA) is 58.3 Å². The third kappa shape index (κ3) is 3.43. The van der Waals surface area contributed by atoms with Crippen LogP contribution in [0.2, 0.25) is 5.15 Å². The number of pyridine rings is 1. The average Bonchev–Trinajstić information content (AvgIpc) is 3.28. The maximum absolute atomic E-state index is 6.05. The summed E-state index contributed by atoms with van der Waals surface area (Å²) in [5, 5.41) is 7.87. The van der Waals surface area contributed by atoms with Crippen molar-refractivity contribution in [2.75, 3.05) is 23.3 Å². The standard InChI is InChI=1S/C15H15ClN6.C2H6/c16-12-10-11(15-17-6-9-22(15)20-12)18-13-4-3-5-14(19-13)21-7-1-2-8-21;1-2/h3-6,9-10H,1-2,7-8H2,(H,18,19);1-2H3. The summed E-state index contributed by atoms with van der Waals surface area (Å²) in [7, 11) is 0. The highest BCUT2D eigenvalue weighted by Crippen LogP contribution is 2.24. The largest absolute Gasteiger partial charge is 0.357 e. The Morgan fingerprint density at radius 2 is 1.96 bits per heavy atom. The van der Waals surface area contributed by atoms with E-state index >= 15 is 0 Å². The van der Waals surface area contributed by atoms with Crippen LogP contribution in [-0.4, -0.2) is 32.7 Å². The number of aromatic nitrogens is 4. The van der Waals surface area contributed by atoms with E-state index in [2.05, 4.69) is 25.3 Å². The Kier molecular flexibility index (Phi) is 5.15. The van der Waals surface area contributed by atoms with Crippen LogP contribution >= 0.6 is 11.6 Å². The minimum atomic E-state index is 0.406. The predicted octanol–water partition coefficient (Wildman–Crippen LogP) is 4.15. The zero-order chi connectivity index (χ0) is 16.9. The van der Waals surface area contributed by atoms with Crippen LogP contribution in [0.15, 0.2) is 36.7 Å². The van der Waals surface area contributed by atoms with Gasteiger partial charge in [0.25, 0.3) is 0 Å². The molecule has 0 unspecified atom stereocenters. The summed E-state index contributed by atoms with van der Waals surface area (Å²) in [6.45, 7) is 6.14. The molecule has 4 rings (SSSR count). The highest BCUT2D eigenvalue weighted by Gasteiger charge is 2.14. The normalized spacial score (nSPS) is 13.7. The fourth-order valence-electron chi connectivity index (χ4n) is 2.73. The number of rotatable bonds is 3. The Balaban J connectivity index is 0.000000815. The number of halogens is 1. The van der Waals surface area contributed by atoms with E-state index in [1.807, 2.05) is 32.0 Å². The van der Waals surface area contributed by atoms with Gasteiger partial charge in [-0.2, -0.15) is 5.10 Å². The molecule has 4 heterocycles. The molecular weight excluding hydrogens is 324 g/mol. The Labute approximate surface area is 146 Å². The van der Waals surface area contributed by atoms with Crippen LogP contribution < -0.4 is 10.2 Å². The van der Waals surface area contributed by atoms with Crippen molar-refractivity contribution in [3.8, 4) is 0 Å². The third-order valence-electron chi connectivity index (χ3n) is 3.76. The minimum absolute atomic E-state index is 0.406. The van der Waals surface area contributed by atoms with Gasteiger partial charge in [0.2, 0.25) is 0 Å². The van der Waals surface area contributed by atoms with Crippen molar-refractivity contribution < 1.29 is 0 Å². The zero-order valence-electron chi connectivity index (χ0n) is 13.9. The van der Waals surface area contributed by atoms with Crippen LogP contribution in [0.5, 0.6) is 0 Å². The van der Waals surface area contributed by atoms with E-state index in [1.165, 1.54) is 12.8 Å². The quantitative estimate of drug-likeness (QED) is 0.773. The van der Waals surface area contributed by atoms with Gasteiger partial charge in [0.1, 0.15) is 11.6 Å². The van der Waals surface area contributed by atoms with Gasteiger partial charge in [0.15, 0.2) is 10.8 Å². The van der Waals surface area contributed by atoms with E-state index in [4.69, 9.17) is 11.6 Å². The highest BCUT2D eigenvalue weighted by atomic mass is 35.5. The van der Waals surface area contributed by atoms with Gasteiger partial charge in [0, 0.05) is 31.5 Å². The summed E-state index contributed by atoms with van der Waals surface area (Å²) < 4.78 is 1.65. The van der Waals surface area contributed by atoms with Gasteiger partial charge in [-0.25, -0.2) is 14.5 Å². The van der Waals surface area contributed by atoms with Crippen molar-refractivity contribution in [2.45, 2.75) is 26.7 Å². The second-order valence-electron chi connectivity index (χ2n) is 5.28. The summed E-state index contributed by atoms with van der Waals surface area (Å²) in [4.78, 5) is 11.3. The summed E-state index contributed by atoms with van der Waals surface area (Å²) in [6, 6.07) is 7.75. The first-order chi connectivity index (χ1) is 11.8. The molecule has 3 aromatic heterocycles. The molecule has 7 heteroatoms. The Bertz CT molecular complexity index is 810. The van der Waals surface area contributed by atoms with Crippen LogP contribution in [0.4, 0.5) is 17.3 Å². The molecule has 1 N–H and O–H groups in total. The number of fused-ring (bicyclic) bond motifs is 1. The van der Waals surface area contributed by atoms with Gasteiger partial charge < -0.3 is 10.2 Å². The number of hydrogen-bond acceptors (Lipinski definition) is 5. The zero-order valence-corrected chi connectivity index (χ0v) is 14.7. The van der Waals surface area contributed by atoms with Crippen LogP contribution in [0.1, 0.15) is 26.7 Å². The highest BCUT2D eigenvalue weighted by molar-refractivity contribution is 6.29. The van der Waals surface area contributed by atoms with Crippen LogP contribution in [0.25, 0.3) is 5.65 Å². The second-order valence-corrected chi connectivity index (χ2v) is 5.66. The van der Waals surface area contributed by atoms with E-state index in [9.17, 15) is 0 Å². The van der Waals surface area contributed by atoms with Crippen molar-refractivity contribution in [3.05, 3.63) is 41.8 Å². The van der Waals surface area contributed by atoms with Gasteiger partial charge in [-0.1, -0.05) is 31.5 Å². The first-order valence-electron chi connectivity index (χ1n) is 8.28. The first-order valence-corrected chi connectivity index (χ1v) is 8.66. The summed E-state index contributed by atoms with van der Waals surface area (Å²) >= 11 is 6.05. The molecule has 6 nitrogen and oxygen atoms in total. The fraction of sp³-hybridized carbons (Fsp3) is 0.353. The van der Waals surface area contributed by atoms with Gasteiger partial charge >= 0.3 is 0 Å². The number of nitrogens with one attached hydrogen (secondary N) is 1. The van der Waals surface area contributed by atoms with Crippen molar-refractivity contribution >= 4 is 34.6 Å². The molecule has 0 bridgehead atoms. The molecule has 1 fully saturated rings. The SMILES string of the molecule is CC.Clc1cc(Nc2cccc(N3CCCC3)n2)c2nccn2n1. The van der Waals surface area contributed by atoms with E-state index in [1.54, 1.807) is 23.0 Å². The molecule has 0 atom stereocenters. The molecule has 0 aromatic carbocycles. The molecule has 0 amide bonds. The Morgan fingerprint density at radius 3 is 2.75 bits per heavy atom. The molecule has 0 aliphatic carbocycles. The fourth-order valence-corrected chi connectivity index (χ4v) is 2.92. The van der Waals surface area contributed by atoms with E-state index < -0.39 is 0 Å². The minimum Gasteiger partial charge on any atom is -0.357 e. The molecule has 24 heavy (non-hydrogen) atoms. The van der Waals surface area contributed by atoms with Gasteiger partial charge in [0.05, 0.1) is 5.69 Å². The smallest absolute Gasteiger partial charge is 0.177 e. The first kappa shape index (κ1) is 16.5. The molecule has 1 aliphatic heterocycles. The van der Waals surface area contributed by atoms with E-state index in [-0.39, 0.29) is 0 Å². The van der Waals surface area contributed by atoms with Gasteiger partial charge in [-0.3, -0.25) is 0 Å². The van der Waals surface area contributed by atoms with Crippen molar-refractivity contribution in [1.29, 1.82) is 0 Å². The molecule has 126 valence electrons. The summed E-state index contributed by atoms with van der Waals surface area (Å²) in [6.07, 6.45) is 5.92. The Morgan fingerprint density at radius 1 is 1.17 bits per heavy atom. The number of hydrogen-bond donors (Lipinski definition) is 1. The lowest BCUT2D eigenvalue weighted by molar-refractivity contribution is 0.933. The lowest BCUT2D eigenvalue weighted by Gasteiger charge is -2.17. The molecule has 3 aromatic rings. The van der Waals surface area contributed by atoms with Crippen molar-refractivity contribution in [3.63, 3.8) is 0 Å². The Hall–Kier alpha value is -2.34. The molecule has 0 spiro atoms. The predicted molar refractivity (Wildman–Crippen MR) is 98.3 cm³/mol. The lowest BCUT2D eigenvalue weighted by Crippen LogP contribution is -2.19. The van der Waals surface area contributed by atoms with Gasteiger partial charge in [-0.05, 0) is 25.0 Å². The lowest BCUT2D eigenvalue weighted by atomic mass is 10.4. The van der Waals surface area contributed by atoms with Crippen molar-refractivity contribution in [1.82, 2.24) is 19.6 Å². The molecule has 1 saturated heterocycles. The maximum Gasteiger partial charge on any atom is 0.177 e. The van der Waals surface area contributed by atoms with E-state index in [0.717, 1.165) is 36.1 Å². The number of anilines is 3. The van der Waals surface area contributed by atoms with Crippen molar-refractivity contribution in [2.24, 2.45) is 0 Å².